The molecule has 26 heavy (non-hydrogen) atoms. The lowest BCUT2D eigenvalue weighted by Crippen LogP contribution is -2.07. The van der Waals surface area contributed by atoms with Gasteiger partial charge in [0, 0.05) is 12.1 Å². The molecule has 3 aromatic rings. The Morgan fingerprint density at radius 2 is 1.85 bits per heavy atom. The number of ether oxygens (including phenoxy) is 1. The van der Waals surface area contributed by atoms with E-state index in [2.05, 4.69) is 16.9 Å². The number of rotatable bonds is 7. The van der Waals surface area contributed by atoms with E-state index in [1.54, 1.807) is 55.7 Å². The van der Waals surface area contributed by atoms with Crippen LogP contribution in [0, 0.1) is 0 Å². The minimum Gasteiger partial charge on any atom is -0.497 e. The molecule has 1 heterocycles. The van der Waals surface area contributed by atoms with Crippen LogP contribution in [-0.2, 0) is 9.84 Å². The summed E-state index contributed by atoms with van der Waals surface area (Å²) in [5.74, 6) is 0.968. The number of sulfone groups is 1. The molecule has 1 N–H and O–H groups in total. The van der Waals surface area contributed by atoms with Crippen molar-refractivity contribution in [1.29, 1.82) is 0 Å². The first-order valence-corrected chi connectivity index (χ1v) is 9.34. The molecule has 0 fully saturated rings. The van der Waals surface area contributed by atoms with Crippen molar-refractivity contribution < 1.29 is 17.6 Å². The highest BCUT2D eigenvalue weighted by Crippen LogP contribution is 2.32. The Balaban J connectivity index is 2.08. The Kier molecular flexibility index (Phi) is 5.09. The zero-order chi connectivity index (χ0) is 18.6. The van der Waals surface area contributed by atoms with Crippen molar-refractivity contribution >= 4 is 15.7 Å². The highest BCUT2D eigenvalue weighted by molar-refractivity contribution is 7.91. The first-order valence-electron chi connectivity index (χ1n) is 7.86. The third-order valence-electron chi connectivity index (χ3n) is 3.65. The molecular formula is C19H18N2O4S. The van der Waals surface area contributed by atoms with Gasteiger partial charge in [0.25, 0.3) is 0 Å². The van der Waals surface area contributed by atoms with Crippen molar-refractivity contribution in [3.63, 3.8) is 0 Å². The average Bonchev–Trinajstić information content (AvgIpc) is 3.12. The van der Waals surface area contributed by atoms with Crippen molar-refractivity contribution in [2.75, 3.05) is 19.0 Å². The number of hydrogen-bond acceptors (Lipinski definition) is 6. The lowest BCUT2D eigenvalue weighted by Gasteiger charge is -2.03. The van der Waals surface area contributed by atoms with Crippen LogP contribution in [0.2, 0.25) is 0 Å². The van der Waals surface area contributed by atoms with E-state index < -0.39 is 9.84 Å². The van der Waals surface area contributed by atoms with Crippen LogP contribution < -0.4 is 10.1 Å². The van der Waals surface area contributed by atoms with E-state index in [1.807, 2.05) is 0 Å². The Hall–Kier alpha value is -3.06. The minimum atomic E-state index is -3.83. The van der Waals surface area contributed by atoms with Gasteiger partial charge in [0.2, 0.25) is 26.6 Å². The van der Waals surface area contributed by atoms with Gasteiger partial charge in [0.05, 0.1) is 12.0 Å². The van der Waals surface area contributed by atoms with Crippen LogP contribution >= 0.6 is 0 Å². The largest absolute Gasteiger partial charge is 0.497 e. The first-order chi connectivity index (χ1) is 12.6. The SMILES string of the molecule is C=CCNc1oc(-c2ccc(OC)cc2)nc1S(=O)(=O)c1ccccc1. The van der Waals surface area contributed by atoms with E-state index >= 15 is 0 Å². The van der Waals surface area contributed by atoms with Crippen LogP contribution in [0.3, 0.4) is 0 Å². The minimum absolute atomic E-state index is 0.0829. The number of hydrogen-bond donors (Lipinski definition) is 1. The fourth-order valence-electron chi connectivity index (χ4n) is 2.33. The van der Waals surface area contributed by atoms with Gasteiger partial charge in [0.15, 0.2) is 0 Å². The summed E-state index contributed by atoms with van der Waals surface area (Å²) >= 11 is 0. The Morgan fingerprint density at radius 1 is 1.15 bits per heavy atom. The molecule has 0 amide bonds. The van der Waals surface area contributed by atoms with Gasteiger partial charge in [-0.15, -0.1) is 6.58 Å². The van der Waals surface area contributed by atoms with Gasteiger partial charge < -0.3 is 14.5 Å². The monoisotopic (exact) mass is 370 g/mol. The van der Waals surface area contributed by atoms with Gasteiger partial charge >= 0.3 is 0 Å². The molecule has 1 aromatic heterocycles. The summed E-state index contributed by atoms with van der Waals surface area (Å²) in [5, 5.41) is 2.74. The van der Waals surface area contributed by atoms with Crippen molar-refractivity contribution in [3.05, 3.63) is 67.3 Å². The molecule has 0 bridgehead atoms. The second kappa shape index (κ2) is 7.45. The molecule has 0 saturated heterocycles. The van der Waals surface area contributed by atoms with E-state index in [9.17, 15) is 8.42 Å². The van der Waals surface area contributed by atoms with E-state index in [-0.39, 0.29) is 21.7 Å². The Labute approximate surface area is 152 Å². The number of methoxy groups -OCH3 is 1. The van der Waals surface area contributed by atoms with E-state index in [0.717, 1.165) is 0 Å². The zero-order valence-electron chi connectivity index (χ0n) is 14.2. The molecule has 6 nitrogen and oxygen atoms in total. The normalized spacial score (nSPS) is 11.1. The molecule has 7 heteroatoms. The third kappa shape index (κ3) is 3.48. The van der Waals surface area contributed by atoms with E-state index in [1.165, 1.54) is 12.1 Å². The third-order valence-corrected chi connectivity index (χ3v) is 5.33. The van der Waals surface area contributed by atoms with Gasteiger partial charge in [-0.3, -0.25) is 0 Å². The van der Waals surface area contributed by atoms with Gasteiger partial charge in [-0.1, -0.05) is 24.3 Å². The number of aromatic nitrogens is 1. The van der Waals surface area contributed by atoms with Gasteiger partial charge in [-0.05, 0) is 36.4 Å². The molecule has 0 aliphatic heterocycles. The van der Waals surface area contributed by atoms with Gasteiger partial charge in [-0.25, -0.2) is 8.42 Å². The fourth-order valence-corrected chi connectivity index (χ4v) is 3.63. The van der Waals surface area contributed by atoms with Gasteiger partial charge in [-0.2, -0.15) is 4.98 Å². The van der Waals surface area contributed by atoms with Crippen molar-refractivity contribution in [2.45, 2.75) is 9.92 Å². The van der Waals surface area contributed by atoms with Crippen LogP contribution in [-0.4, -0.2) is 27.1 Å². The molecule has 3 rings (SSSR count). The number of benzene rings is 2. The number of anilines is 1. The summed E-state index contributed by atoms with van der Waals surface area (Å²) in [6.07, 6.45) is 1.61. The molecule has 0 atom stereocenters. The Bertz CT molecular complexity index is 994. The van der Waals surface area contributed by atoms with Crippen LogP contribution in [0.25, 0.3) is 11.5 Å². The number of nitrogens with zero attached hydrogens (tertiary/aromatic N) is 1. The van der Waals surface area contributed by atoms with E-state index in [0.29, 0.717) is 17.9 Å². The average molecular weight is 370 g/mol. The van der Waals surface area contributed by atoms with E-state index in [4.69, 9.17) is 9.15 Å². The molecule has 0 aliphatic rings. The molecule has 0 aliphatic carbocycles. The molecular weight excluding hydrogens is 352 g/mol. The molecule has 0 spiro atoms. The quantitative estimate of drug-likeness (QED) is 0.638. The zero-order valence-corrected chi connectivity index (χ0v) is 15.0. The molecule has 2 aromatic carbocycles. The van der Waals surface area contributed by atoms with Crippen molar-refractivity contribution in [2.24, 2.45) is 0 Å². The number of nitrogens with one attached hydrogen (secondary N) is 1. The summed E-state index contributed by atoms with van der Waals surface area (Å²) in [7, 11) is -2.25. The van der Waals surface area contributed by atoms with Crippen LogP contribution in [0.1, 0.15) is 0 Å². The standard InChI is InChI=1S/C19H18N2O4S/c1-3-13-20-18-19(26(22,23)16-7-5-4-6-8-16)21-17(25-18)14-9-11-15(24-2)12-10-14/h3-12,20H,1,13H2,2H3. The second-order valence-electron chi connectivity index (χ2n) is 5.37. The predicted molar refractivity (Wildman–Crippen MR) is 99.1 cm³/mol. The topological polar surface area (TPSA) is 81.4 Å². The summed E-state index contributed by atoms with van der Waals surface area (Å²) in [6, 6.07) is 15.1. The highest BCUT2D eigenvalue weighted by Gasteiger charge is 2.28. The lowest BCUT2D eigenvalue weighted by atomic mass is 10.2. The maximum atomic E-state index is 13.0. The predicted octanol–water partition coefficient (Wildman–Crippen LogP) is 3.78. The maximum Gasteiger partial charge on any atom is 0.234 e. The van der Waals surface area contributed by atoms with Crippen molar-refractivity contribution in [1.82, 2.24) is 4.98 Å². The summed E-state index contributed by atoms with van der Waals surface area (Å²) in [4.78, 5) is 4.39. The summed E-state index contributed by atoms with van der Waals surface area (Å²) in [6.45, 7) is 3.96. The molecule has 0 radical (unpaired) electrons. The van der Waals surface area contributed by atoms with Crippen molar-refractivity contribution in [3.8, 4) is 17.2 Å². The van der Waals surface area contributed by atoms with Crippen LogP contribution in [0.15, 0.2) is 81.6 Å². The molecule has 0 unspecified atom stereocenters. The highest BCUT2D eigenvalue weighted by atomic mass is 32.2. The second-order valence-corrected chi connectivity index (χ2v) is 7.23. The molecule has 0 saturated carbocycles. The summed E-state index contributed by atoms with van der Waals surface area (Å²) < 4.78 is 36.7. The number of oxazole rings is 1. The van der Waals surface area contributed by atoms with Crippen LogP contribution in [0.4, 0.5) is 5.88 Å². The summed E-state index contributed by atoms with van der Waals surface area (Å²) in [5.41, 5.74) is 0.641. The lowest BCUT2D eigenvalue weighted by molar-refractivity contribution is 0.415. The Morgan fingerprint density at radius 3 is 2.46 bits per heavy atom. The maximum absolute atomic E-state index is 13.0. The van der Waals surface area contributed by atoms with Crippen LogP contribution in [0.5, 0.6) is 5.75 Å². The fraction of sp³-hybridized carbons (Fsp3) is 0.105. The smallest absolute Gasteiger partial charge is 0.234 e. The first kappa shape index (κ1) is 17.8. The van der Waals surface area contributed by atoms with Gasteiger partial charge in [0.1, 0.15) is 5.75 Å². The molecule has 134 valence electrons.